The van der Waals surface area contributed by atoms with Crippen molar-refractivity contribution in [3.05, 3.63) is 12.7 Å². The van der Waals surface area contributed by atoms with E-state index in [0.717, 1.165) is 12.8 Å². The smallest absolute Gasteiger partial charge is 0.330 e. The maximum absolute atomic E-state index is 10.7. The first kappa shape index (κ1) is 17.9. The van der Waals surface area contributed by atoms with Crippen molar-refractivity contribution in [2.45, 2.75) is 44.6 Å². The van der Waals surface area contributed by atoms with Gasteiger partial charge in [-0.3, -0.25) is 0 Å². The zero-order valence-corrected chi connectivity index (χ0v) is 15.6. The van der Waals surface area contributed by atoms with E-state index in [-0.39, 0.29) is 5.97 Å². The van der Waals surface area contributed by atoms with Crippen LogP contribution < -0.4 is 0 Å². The molecule has 0 saturated heterocycles. The van der Waals surface area contributed by atoms with Crippen LogP contribution in [0.5, 0.6) is 0 Å². The molecule has 0 bridgehead atoms. The van der Waals surface area contributed by atoms with Crippen molar-refractivity contribution in [3.8, 4) is 0 Å². The molecule has 0 amide bonds. The highest BCUT2D eigenvalue weighted by molar-refractivity contribution is 9.72. The third-order valence-corrected chi connectivity index (χ3v) is 6.75. The lowest BCUT2D eigenvalue weighted by molar-refractivity contribution is -0.137. The maximum atomic E-state index is 10.7. The van der Waals surface area contributed by atoms with E-state index in [2.05, 4.69) is 52.5 Å². The van der Waals surface area contributed by atoms with E-state index in [0.29, 0.717) is 6.61 Å². The molecule has 0 rings (SSSR count). The Morgan fingerprint density at radius 1 is 1.06 bits per heavy atom. The van der Waals surface area contributed by atoms with Gasteiger partial charge in [-0.05, 0) is 12.5 Å². The molecule has 0 saturated carbocycles. The Morgan fingerprint density at radius 3 is 2.12 bits per heavy atom. The number of hydrogen-bond donors (Lipinski definition) is 0. The molecule has 0 atom stereocenters. The highest BCUT2D eigenvalue weighted by Crippen LogP contribution is 2.33. The van der Waals surface area contributed by atoms with Crippen molar-refractivity contribution in [1.82, 2.24) is 0 Å². The van der Waals surface area contributed by atoms with Gasteiger partial charge in [0.2, 0.25) is 0 Å². The minimum Gasteiger partial charge on any atom is -0.463 e. The van der Waals surface area contributed by atoms with Gasteiger partial charge in [-0.1, -0.05) is 84.6 Å². The summed E-state index contributed by atoms with van der Waals surface area (Å²) in [5, 5.41) is 0. The number of ether oxygens (including phenoxy) is 1. The monoisotopic (exact) mass is 448 g/mol. The van der Waals surface area contributed by atoms with Crippen molar-refractivity contribution in [1.29, 1.82) is 0 Å². The summed E-state index contributed by atoms with van der Waals surface area (Å²) in [4.78, 5) is 10.7. The molecule has 100 valence electrons. The van der Waals surface area contributed by atoms with Crippen LogP contribution in [0.2, 0.25) is 6.04 Å². The van der Waals surface area contributed by atoms with Gasteiger partial charge in [0, 0.05) is 6.08 Å². The lowest BCUT2D eigenvalue weighted by Gasteiger charge is -2.08. The normalized spacial score (nSPS) is 11.2. The average Bonchev–Trinajstić information content (AvgIpc) is 2.25. The SMILES string of the molecule is C=CC(=O)OCCCCCCCC[Si](Br)(Br)Br. The summed E-state index contributed by atoms with van der Waals surface area (Å²) >= 11 is 10.9. The number of carbonyl (C=O) groups is 1. The molecule has 0 unspecified atom stereocenters. The van der Waals surface area contributed by atoms with Gasteiger partial charge in [0.25, 0.3) is 3.93 Å². The molecule has 0 fully saturated rings. The fraction of sp³-hybridized carbons (Fsp3) is 0.727. The van der Waals surface area contributed by atoms with Crippen LogP contribution in [0, 0.1) is 0 Å². The number of halogens is 3. The molecule has 0 radical (unpaired) electrons. The first-order valence-electron chi connectivity index (χ1n) is 5.81. The molecule has 0 N–H and O–H groups in total. The van der Waals surface area contributed by atoms with Crippen molar-refractivity contribution in [2.75, 3.05) is 6.61 Å². The second kappa shape index (κ2) is 10.8. The van der Waals surface area contributed by atoms with E-state index in [4.69, 9.17) is 4.74 Å². The highest BCUT2D eigenvalue weighted by Gasteiger charge is 2.20. The lowest BCUT2D eigenvalue weighted by atomic mass is 10.1. The summed E-state index contributed by atoms with van der Waals surface area (Å²) in [5.74, 6) is -0.321. The van der Waals surface area contributed by atoms with Gasteiger partial charge in [0.15, 0.2) is 0 Å². The van der Waals surface area contributed by atoms with Crippen LogP contribution in [-0.4, -0.2) is 16.5 Å². The molecule has 2 nitrogen and oxygen atoms in total. The second-order valence-electron chi connectivity index (χ2n) is 3.86. The van der Waals surface area contributed by atoms with Gasteiger partial charge >= 0.3 is 5.97 Å². The molecular formula is C11H19Br3O2Si. The first-order valence-corrected chi connectivity index (χ1v) is 14.8. The Balaban J connectivity index is 3.14. The molecule has 0 spiro atoms. The summed E-state index contributed by atoms with van der Waals surface area (Å²) in [6.07, 6.45) is 8.28. The van der Waals surface area contributed by atoms with E-state index in [9.17, 15) is 4.79 Å². The number of carbonyl (C=O) groups excluding carboxylic acids is 1. The third kappa shape index (κ3) is 14.8. The molecule has 17 heavy (non-hydrogen) atoms. The molecule has 0 aliphatic carbocycles. The van der Waals surface area contributed by atoms with Gasteiger partial charge in [0.1, 0.15) is 0 Å². The Kier molecular flexibility index (Phi) is 11.3. The van der Waals surface area contributed by atoms with Crippen molar-refractivity contribution < 1.29 is 9.53 Å². The Morgan fingerprint density at radius 2 is 1.59 bits per heavy atom. The molecule has 0 aromatic carbocycles. The van der Waals surface area contributed by atoms with Crippen molar-refractivity contribution in [2.24, 2.45) is 0 Å². The fourth-order valence-corrected chi connectivity index (χ4v) is 4.54. The highest BCUT2D eigenvalue weighted by atomic mass is 80.0. The maximum Gasteiger partial charge on any atom is 0.330 e. The zero-order valence-electron chi connectivity index (χ0n) is 9.89. The number of unbranched alkanes of at least 4 members (excludes halogenated alkanes) is 5. The van der Waals surface area contributed by atoms with Crippen LogP contribution in [0.3, 0.4) is 0 Å². The van der Waals surface area contributed by atoms with Crippen LogP contribution >= 0.6 is 45.9 Å². The van der Waals surface area contributed by atoms with Crippen LogP contribution in [0.1, 0.15) is 38.5 Å². The predicted octanol–water partition coefficient (Wildman–Crippen LogP) is 5.18. The lowest BCUT2D eigenvalue weighted by Crippen LogP contribution is -2.04. The molecule has 0 aliphatic heterocycles. The summed E-state index contributed by atoms with van der Waals surface area (Å²) in [6, 6.07) is 1.20. The number of rotatable bonds is 10. The van der Waals surface area contributed by atoms with Crippen LogP contribution in [0.15, 0.2) is 12.7 Å². The third-order valence-electron chi connectivity index (χ3n) is 2.27. The molecule has 0 aromatic rings. The summed E-state index contributed by atoms with van der Waals surface area (Å²) in [7, 11) is 0. The topological polar surface area (TPSA) is 26.3 Å². The fourth-order valence-electron chi connectivity index (χ4n) is 1.37. The van der Waals surface area contributed by atoms with Crippen LogP contribution in [0.25, 0.3) is 0 Å². The van der Waals surface area contributed by atoms with Gasteiger partial charge in [0.05, 0.1) is 6.61 Å². The minimum absolute atomic E-state index is 0.321. The van der Waals surface area contributed by atoms with Crippen LogP contribution in [-0.2, 0) is 9.53 Å². The number of esters is 1. The summed E-state index contributed by atoms with van der Waals surface area (Å²) in [6.45, 7) is 3.87. The van der Waals surface area contributed by atoms with Gasteiger partial charge in [-0.25, -0.2) is 4.79 Å². The van der Waals surface area contributed by atoms with Gasteiger partial charge in [-0.15, -0.1) is 0 Å². The van der Waals surface area contributed by atoms with E-state index >= 15 is 0 Å². The Bertz CT molecular complexity index is 229. The predicted molar refractivity (Wildman–Crippen MR) is 86.2 cm³/mol. The van der Waals surface area contributed by atoms with E-state index in [1.165, 1.54) is 37.8 Å². The second-order valence-corrected chi connectivity index (χ2v) is 27.3. The van der Waals surface area contributed by atoms with Gasteiger partial charge < -0.3 is 4.74 Å². The quantitative estimate of drug-likeness (QED) is 0.151. The molecular weight excluding hydrogens is 432 g/mol. The molecule has 6 heteroatoms. The van der Waals surface area contributed by atoms with Crippen LogP contribution in [0.4, 0.5) is 0 Å². The Hall–Kier alpha value is 0.867. The Labute approximate surface area is 128 Å². The summed E-state index contributed by atoms with van der Waals surface area (Å²) < 4.78 is 3.51. The van der Waals surface area contributed by atoms with Crippen molar-refractivity contribution in [3.63, 3.8) is 0 Å². The molecule has 0 aliphatic rings. The van der Waals surface area contributed by atoms with Gasteiger partial charge in [-0.2, -0.15) is 0 Å². The molecule has 0 aromatic heterocycles. The molecule has 0 heterocycles. The largest absolute Gasteiger partial charge is 0.463 e. The minimum atomic E-state index is -1.38. The zero-order chi connectivity index (χ0) is 13.1. The standard InChI is InChI=1S/C11H19Br3O2Si/c1-2-11(15)16-9-7-5-3-4-6-8-10-17(12,13)14/h2H,1,3-10H2. The van der Waals surface area contributed by atoms with E-state index < -0.39 is 3.93 Å². The average molecular weight is 451 g/mol. The van der Waals surface area contributed by atoms with E-state index in [1.807, 2.05) is 0 Å². The van der Waals surface area contributed by atoms with E-state index in [1.54, 1.807) is 0 Å². The summed E-state index contributed by atoms with van der Waals surface area (Å²) in [5.41, 5.74) is 0. The first-order chi connectivity index (χ1) is 7.95. The van der Waals surface area contributed by atoms with Crippen molar-refractivity contribution >= 4 is 55.8 Å². The number of hydrogen-bond acceptors (Lipinski definition) is 2.